The lowest BCUT2D eigenvalue weighted by Crippen LogP contribution is -2.37. The van der Waals surface area contributed by atoms with Crippen molar-refractivity contribution in [2.24, 2.45) is 0 Å². The molecule has 0 bridgehead atoms. The van der Waals surface area contributed by atoms with Crippen LogP contribution in [0.3, 0.4) is 0 Å². The third-order valence-electron chi connectivity index (χ3n) is 5.15. The van der Waals surface area contributed by atoms with Crippen molar-refractivity contribution < 1.29 is 32.2 Å². The zero-order chi connectivity index (χ0) is 22.4. The van der Waals surface area contributed by atoms with E-state index in [4.69, 9.17) is 29.0 Å². The Morgan fingerprint density at radius 1 is 1.16 bits per heavy atom. The summed E-state index contributed by atoms with van der Waals surface area (Å²) in [6, 6.07) is 2.04. The Kier molecular flexibility index (Phi) is 7.50. The number of hydrogen-bond acceptors (Lipinski definition) is 7. The maximum absolute atomic E-state index is 10.6. The zero-order valence-electron chi connectivity index (χ0n) is 17.2. The zero-order valence-corrected chi connectivity index (χ0v) is 17.2. The maximum Gasteiger partial charge on any atom is 0.490 e. The average Bonchev–Trinajstić information content (AvgIpc) is 3.15. The molecule has 1 saturated heterocycles. The lowest BCUT2D eigenvalue weighted by atomic mass is 10.1. The largest absolute Gasteiger partial charge is 0.490 e. The Labute approximate surface area is 177 Å². The fourth-order valence-electron chi connectivity index (χ4n) is 3.52. The molecule has 0 atom stereocenters. The number of nitrogens with zero attached hydrogens (tertiary/aromatic N) is 4. The highest BCUT2D eigenvalue weighted by Crippen LogP contribution is 2.22. The number of anilines is 1. The number of furan rings is 1. The highest BCUT2D eigenvalue weighted by atomic mass is 19.4. The van der Waals surface area contributed by atoms with Gasteiger partial charge in [0, 0.05) is 50.4 Å². The molecule has 1 fully saturated rings. The van der Waals surface area contributed by atoms with Crippen LogP contribution in [0.25, 0.3) is 0 Å². The molecule has 1 N–H and O–H groups in total. The monoisotopic (exact) mass is 442 g/mol. The maximum atomic E-state index is 10.6. The van der Waals surface area contributed by atoms with Gasteiger partial charge >= 0.3 is 12.1 Å². The van der Waals surface area contributed by atoms with Gasteiger partial charge in [0.05, 0.1) is 31.4 Å². The smallest absolute Gasteiger partial charge is 0.475 e. The molecule has 8 nitrogen and oxygen atoms in total. The van der Waals surface area contributed by atoms with Crippen molar-refractivity contribution in [2.45, 2.75) is 32.5 Å². The van der Waals surface area contributed by atoms with Crippen LogP contribution in [0.5, 0.6) is 0 Å². The number of ether oxygens (including phenoxy) is 1. The number of aliphatic carboxylic acids is 1. The van der Waals surface area contributed by atoms with Crippen LogP contribution in [0.1, 0.15) is 22.5 Å². The van der Waals surface area contributed by atoms with Gasteiger partial charge in [-0.1, -0.05) is 0 Å². The summed E-state index contributed by atoms with van der Waals surface area (Å²) in [6.45, 7) is 8.41. The molecule has 0 aliphatic carbocycles. The number of fused-ring (bicyclic) bond motifs is 1. The first-order valence-corrected chi connectivity index (χ1v) is 9.96. The van der Waals surface area contributed by atoms with Gasteiger partial charge in [0.2, 0.25) is 5.95 Å². The molecule has 0 radical (unpaired) electrons. The molecule has 170 valence electrons. The van der Waals surface area contributed by atoms with Gasteiger partial charge in [0.1, 0.15) is 0 Å². The number of carboxylic acids is 1. The Morgan fingerprint density at radius 3 is 2.45 bits per heavy atom. The number of aromatic nitrogens is 2. The molecule has 2 aromatic heterocycles. The number of carbonyl (C=O) groups is 1. The molecule has 31 heavy (non-hydrogen) atoms. The van der Waals surface area contributed by atoms with E-state index >= 15 is 0 Å². The van der Waals surface area contributed by atoms with Crippen LogP contribution in [-0.2, 0) is 28.9 Å². The molecule has 0 saturated carbocycles. The van der Waals surface area contributed by atoms with Gasteiger partial charge in [0.15, 0.2) is 0 Å². The first kappa shape index (κ1) is 23.0. The van der Waals surface area contributed by atoms with E-state index in [0.717, 1.165) is 70.4 Å². The SMILES string of the molecule is Cc1nc(N2CCOCC2)nc2c1CCN(Cc1ccoc1)CC2.O=C(O)C(F)(F)F. The average molecular weight is 442 g/mol. The number of carboxylic acid groups (broad SMARTS) is 1. The Hall–Kier alpha value is -2.66. The molecule has 0 amide bonds. The van der Waals surface area contributed by atoms with Gasteiger partial charge < -0.3 is 19.2 Å². The number of alkyl halides is 3. The molecule has 0 spiro atoms. The standard InChI is InChI=1S/C18H24N4O2.C2HF3O2/c1-14-16-2-5-21(12-15-4-9-24-13-15)6-3-17(16)20-18(19-14)22-7-10-23-11-8-22;3-2(4,5)1(6)7/h4,9,13H,2-3,5-8,10-12H2,1H3;(H,6,7). The minimum Gasteiger partial charge on any atom is -0.475 e. The summed E-state index contributed by atoms with van der Waals surface area (Å²) in [5.41, 5.74) is 4.92. The molecule has 2 aliphatic heterocycles. The van der Waals surface area contributed by atoms with Crippen LogP contribution in [-0.4, -0.2) is 71.5 Å². The third kappa shape index (κ3) is 6.41. The van der Waals surface area contributed by atoms with E-state index in [0.29, 0.717) is 0 Å². The van der Waals surface area contributed by atoms with Crippen LogP contribution >= 0.6 is 0 Å². The molecule has 4 heterocycles. The number of aryl methyl sites for hydroxylation is 1. The molecule has 2 aliphatic rings. The summed E-state index contributed by atoms with van der Waals surface area (Å²) in [5.74, 6) is -1.88. The second-order valence-corrected chi connectivity index (χ2v) is 7.34. The van der Waals surface area contributed by atoms with Crippen molar-refractivity contribution in [2.75, 3.05) is 44.3 Å². The fraction of sp³-hybridized carbons (Fsp3) is 0.550. The second-order valence-electron chi connectivity index (χ2n) is 7.34. The summed E-state index contributed by atoms with van der Waals surface area (Å²) in [5, 5.41) is 7.12. The van der Waals surface area contributed by atoms with Crippen LogP contribution < -0.4 is 4.90 Å². The molecular formula is C20H25F3N4O4. The van der Waals surface area contributed by atoms with Gasteiger partial charge in [0.25, 0.3) is 0 Å². The van der Waals surface area contributed by atoms with Gasteiger partial charge in [-0.15, -0.1) is 0 Å². The van der Waals surface area contributed by atoms with Crippen LogP contribution in [0.4, 0.5) is 19.1 Å². The van der Waals surface area contributed by atoms with Gasteiger partial charge in [-0.2, -0.15) is 13.2 Å². The minimum atomic E-state index is -5.08. The van der Waals surface area contributed by atoms with E-state index < -0.39 is 12.1 Å². The molecule has 11 heteroatoms. The summed E-state index contributed by atoms with van der Waals surface area (Å²) in [6.07, 6.45) is 0.488. The number of morpholine rings is 1. The lowest BCUT2D eigenvalue weighted by molar-refractivity contribution is -0.192. The first-order chi connectivity index (χ1) is 14.7. The van der Waals surface area contributed by atoms with Crippen molar-refractivity contribution in [3.05, 3.63) is 41.1 Å². The highest BCUT2D eigenvalue weighted by molar-refractivity contribution is 5.73. The number of rotatable bonds is 3. The molecule has 0 unspecified atom stereocenters. The van der Waals surface area contributed by atoms with E-state index in [-0.39, 0.29) is 0 Å². The molecule has 4 rings (SSSR count). The molecule has 0 aromatic carbocycles. The minimum absolute atomic E-state index is 0.762. The van der Waals surface area contributed by atoms with Crippen molar-refractivity contribution in [1.82, 2.24) is 14.9 Å². The Morgan fingerprint density at radius 2 is 1.84 bits per heavy atom. The Bertz CT molecular complexity index is 868. The van der Waals surface area contributed by atoms with Gasteiger partial charge in [-0.05, 0) is 25.0 Å². The van der Waals surface area contributed by atoms with Crippen molar-refractivity contribution >= 4 is 11.9 Å². The third-order valence-corrected chi connectivity index (χ3v) is 5.15. The van der Waals surface area contributed by atoms with E-state index in [1.165, 1.54) is 16.8 Å². The van der Waals surface area contributed by atoms with E-state index in [2.05, 4.69) is 16.7 Å². The van der Waals surface area contributed by atoms with Crippen LogP contribution in [0, 0.1) is 6.92 Å². The van der Waals surface area contributed by atoms with Crippen molar-refractivity contribution in [1.29, 1.82) is 0 Å². The summed E-state index contributed by atoms with van der Waals surface area (Å²) in [7, 11) is 0. The van der Waals surface area contributed by atoms with E-state index in [1.807, 2.05) is 12.3 Å². The highest BCUT2D eigenvalue weighted by Gasteiger charge is 2.38. The lowest BCUT2D eigenvalue weighted by Gasteiger charge is -2.27. The second kappa shape index (κ2) is 10.1. The number of hydrogen-bond donors (Lipinski definition) is 1. The number of halogens is 3. The van der Waals surface area contributed by atoms with Crippen LogP contribution in [0.2, 0.25) is 0 Å². The van der Waals surface area contributed by atoms with Gasteiger partial charge in [-0.3, -0.25) is 4.90 Å². The predicted octanol–water partition coefficient (Wildman–Crippen LogP) is 2.45. The van der Waals surface area contributed by atoms with Crippen molar-refractivity contribution in [3.8, 4) is 0 Å². The predicted molar refractivity (Wildman–Crippen MR) is 105 cm³/mol. The Balaban J connectivity index is 0.000000339. The van der Waals surface area contributed by atoms with Gasteiger partial charge in [-0.25, -0.2) is 14.8 Å². The fourth-order valence-corrected chi connectivity index (χ4v) is 3.52. The van der Waals surface area contributed by atoms with E-state index in [9.17, 15) is 13.2 Å². The normalized spacial score (nSPS) is 17.4. The summed E-state index contributed by atoms with van der Waals surface area (Å²) in [4.78, 5) is 23.3. The topological polar surface area (TPSA) is 91.9 Å². The van der Waals surface area contributed by atoms with Crippen LogP contribution in [0.15, 0.2) is 23.0 Å². The summed E-state index contributed by atoms with van der Waals surface area (Å²) >= 11 is 0. The quantitative estimate of drug-likeness (QED) is 0.775. The molecule has 2 aromatic rings. The summed E-state index contributed by atoms with van der Waals surface area (Å²) < 4.78 is 42.4. The molecular weight excluding hydrogens is 417 g/mol. The van der Waals surface area contributed by atoms with Crippen molar-refractivity contribution in [3.63, 3.8) is 0 Å². The first-order valence-electron chi connectivity index (χ1n) is 9.96. The van der Waals surface area contributed by atoms with E-state index in [1.54, 1.807) is 6.26 Å².